The van der Waals surface area contributed by atoms with Gasteiger partial charge in [0.15, 0.2) is 5.16 Å². The van der Waals surface area contributed by atoms with E-state index in [-0.39, 0.29) is 12.2 Å². The van der Waals surface area contributed by atoms with Gasteiger partial charge in [0, 0.05) is 18.9 Å². The number of hydrogen-bond acceptors (Lipinski definition) is 4. The fourth-order valence-corrected chi connectivity index (χ4v) is 3.33. The number of fused-ring (bicyclic) bond motifs is 1. The lowest BCUT2D eigenvalue weighted by atomic mass is 10.2. The Kier molecular flexibility index (Phi) is 5.82. The van der Waals surface area contributed by atoms with Crippen LogP contribution in [0.3, 0.4) is 0 Å². The first-order valence-electron chi connectivity index (χ1n) is 7.36. The van der Waals surface area contributed by atoms with Gasteiger partial charge in [-0.15, -0.1) is 0 Å². The SMILES string of the molecule is CC(C)CCSc1nc2ccccc2c(=O)n1CCCO. The summed E-state index contributed by atoms with van der Waals surface area (Å²) < 4.78 is 1.70. The van der Waals surface area contributed by atoms with Crippen LogP contribution in [0, 0.1) is 5.92 Å². The molecule has 0 bridgehead atoms. The predicted molar refractivity (Wildman–Crippen MR) is 87.9 cm³/mol. The van der Waals surface area contributed by atoms with Crippen LogP contribution in [-0.4, -0.2) is 27.0 Å². The molecule has 2 rings (SSSR count). The van der Waals surface area contributed by atoms with Gasteiger partial charge in [0.25, 0.3) is 5.56 Å². The molecule has 4 nitrogen and oxygen atoms in total. The fraction of sp³-hybridized carbons (Fsp3) is 0.500. The summed E-state index contributed by atoms with van der Waals surface area (Å²) in [6.07, 6.45) is 1.66. The van der Waals surface area contributed by atoms with E-state index in [0.29, 0.717) is 24.3 Å². The van der Waals surface area contributed by atoms with E-state index in [2.05, 4.69) is 18.8 Å². The quantitative estimate of drug-likeness (QED) is 0.631. The molecule has 0 unspecified atom stereocenters. The summed E-state index contributed by atoms with van der Waals surface area (Å²) in [5.74, 6) is 1.58. The van der Waals surface area contributed by atoms with Crippen molar-refractivity contribution in [2.75, 3.05) is 12.4 Å². The Balaban J connectivity index is 2.37. The van der Waals surface area contributed by atoms with E-state index in [1.54, 1.807) is 16.3 Å². The standard InChI is InChI=1S/C16H22N2O2S/c1-12(2)8-11-21-16-17-14-7-4-3-6-13(14)15(20)18(16)9-5-10-19/h3-4,6-7,12,19H,5,8-11H2,1-2H3. The van der Waals surface area contributed by atoms with Crippen molar-refractivity contribution in [3.8, 4) is 0 Å². The maximum absolute atomic E-state index is 12.6. The number of rotatable bonds is 7. The lowest BCUT2D eigenvalue weighted by molar-refractivity contribution is 0.276. The highest BCUT2D eigenvalue weighted by atomic mass is 32.2. The predicted octanol–water partition coefficient (Wildman–Crippen LogP) is 2.92. The van der Waals surface area contributed by atoms with Crippen molar-refractivity contribution in [2.24, 2.45) is 5.92 Å². The van der Waals surface area contributed by atoms with Gasteiger partial charge in [-0.3, -0.25) is 9.36 Å². The minimum absolute atomic E-state index is 0.0129. The second-order valence-electron chi connectivity index (χ2n) is 5.48. The summed E-state index contributed by atoms with van der Waals surface area (Å²) in [4.78, 5) is 17.2. The van der Waals surface area contributed by atoms with Crippen LogP contribution in [0.1, 0.15) is 26.7 Å². The van der Waals surface area contributed by atoms with Crippen LogP contribution < -0.4 is 5.56 Å². The molecule has 0 spiro atoms. The molecule has 0 atom stereocenters. The van der Waals surface area contributed by atoms with Gasteiger partial charge in [0.1, 0.15) is 0 Å². The molecule has 5 heteroatoms. The highest BCUT2D eigenvalue weighted by Crippen LogP contribution is 2.20. The van der Waals surface area contributed by atoms with Crippen LogP contribution in [0.5, 0.6) is 0 Å². The molecule has 1 N–H and O–H groups in total. The van der Waals surface area contributed by atoms with Crippen molar-refractivity contribution in [1.82, 2.24) is 9.55 Å². The Labute approximate surface area is 129 Å². The second-order valence-corrected chi connectivity index (χ2v) is 6.54. The molecule has 0 saturated carbocycles. The molecule has 0 radical (unpaired) electrons. The van der Waals surface area contributed by atoms with Gasteiger partial charge in [-0.05, 0) is 30.9 Å². The number of benzene rings is 1. The second kappa shape index (κ2) is 7.61. The van der Waals surface area contributed by atoms with Gasteiger partial charge in [-0.25, -0.2) is 4.98 Å². The summed E-state index contributed by atoms with van der Waals surface area (Å²) in [7, 11) is 0. The van der Waals surface area contributed by atoms with E-state index in [4.69, 9.17) is 5.11 Å². The van der Waals surface area contributed by atoms with Crippen molar-refractivity contribution >= 4 is 22.7 Å². The smallest absolute Gasteiger partial charge is 0.262 e. The van der Waals surface area contributed by atoms with E-state index < -0.39 is 0 Å². The van der Waals surface area contributed by atoms with Crippen molar-refractivity contribution in [3.05, 3.63) is 34.6 Å². The summed E-state index contributed by atoms with van der Waals surface area (Å²) in [6.45, 7) is 4.97. The molecule has 2 aromatic rings. The maximum atomic E-state index is 12.6. The van der Waals surface area contributed by atoms with Crippen LogP contribution in [0.15, 0.2) is 34.2 Å². The Bertz CT molecular complexity index is 652. The van der Waals surface area contributed by atoms with Crippen molar-refractivity contribution in [1.29, 1.82) is 0 Å². The van der Waals surface area contributed by atoms with Crippen molar-refractivity contribution < 1.29 is 5.11 Å². The van der Waals surface area contributed by atoms with E-state index in [1.807, 2.05) is 24.3 Å². The van der Waals surface area contributed by atoms with E-state index >= 15 is 0 Å². The minimum atomic E-state index is -0.0129. The van der Waals surface area contributed by atoms with Crippen LogP contribution >= 0.6 is 11.8 Å². The van der Waals surface area contributed by atoms with E-state index in [9.17, 15) is 4.79 Å². The van der Waals surface area contributed by atoms with E-state index in [1.165, 1.54) is 0 Å². The third kappa shape index (κ3) is 4.08. The van der Waals surface area contributed by atoms with Crippen LogP contribution in [-0.2, 0) is 6.54 Å². The third-order valence-electron chi connectivity index (χ3n) is 3.29. The molecule has 0 aliphatic carbocycles. The average molecular weight is 306 g/mol. The molecule has 21 heavy (non-hydrogen) atoms. The topological polar surface area (TPSA) is 55.1 Å². The highest BCUT2D eigenvalue weighted by Gasteiger charge is 2.11. The Morgan fingerprint density at radius 2 is 2.10 bits per heavy atom. The summed E-state index contributed by atoms with van der Waals surface area (Å²) in [6, 6.07) is 7.44. The van der Waals surface area contributed by atoms with Crippen molar-refractivity contribution in [2.45, 2.75) is 38.4 Å². The molecule has 0 aliphatic rings. The van der Waals surface area contributed by atoms with Crippen LogP contribution in [0.4, 0.5) is 0 Å². The Morgan fingerprint density at radius 3 is 2.81 bits per heavy atom. The van der Waals surface area contributed by atoms with E-state index in [0.717, 1.165) is 22.8 Å². The monoisotopic (exact) mass is 306 g/mol. The van der Waals surface area contributed by atoms with Gasteiger partial charge >= 0.3 is 0 Å². The van der Waals surface area contributed by atoms with Crippen LogP contribution in [0.2, 0.25) is 0 Å². The van der Waals surface area contributed by atoms with Gasteiger partial charge in [-0.2, -0.15) is 0 Å². The fourth-order valence-electron chi connectivity index (χ4n) is 2.07. The van der Waals surface area contributed by atoms with Crippen molar-refractivity contribution in [3.63, 3.8) is 0 Å². The normalized spacial score (nSPS) is 11.4. The Morgan fingerprint density at radius 1 is 1.33 bits per heavy atom. The zero-order chi connectivity index (χ0) is 15.2. The minimum Gasteiger partial charge on any atom is -0.396 e. The molecule has 1 aromatic carbocycles. The van der Waals surface area contributed by atoms with Gasteiger partial charge in [0.2, 0.25) is 0 Å². The highest BCUT2D eigenvalue weighted by molar-refractivity contribution is 7.99. The van der Waals surface area contributed by atoms with Gasteiger partial charge < -0.3 is 5.11 Å². The van der Waals surface area contributed by atoms with Gasteiger partial charge in [0.05, 0.1) is 10.9 Å². The van der Waals surface area contributed by atoms with Crippen LogP contribution in [0.25, 0.3) is 10.9 Å². The Hall–Kier alpha value is -1.33. The molecule has 1 aromatic heterocycles. The molecule has 0 amide bonds. The molecule has 0 saturated heterocycles. The summed E-state index contributed by atoms with van der Waals surface area (Å²) in [5, 5.41) is 10.4. The first-order chi connectivity index (χ1) is 10.1. The number of aliphatic hydroxyl groups is 1. The number of aromatic nitrogens is 2. The number of nitrogens with zero attached hydrogens (tertiary/aromatic N) is 2. The molecular formula is C16H22N2O2S. The molecule has 0 aliphatic heterocycles. The molecule has 0 fully saturated rings. The lowest BCUT2D eigenvalue weighted by Crippen LogP contribution is -2.24. The maximum Gasteiger partial charge on any atom is 0.262 e. The number of para-hydroxylation sites is 1. The molecular weight excluding hydrogens is 284 g/mol. The number of thioether (sulfide) groups is 1. The summed E-state index contributed by atoms with van der Waals surface area (Å²) in [5.41, 5.74) is 0.732. The van der Waals surface area contributed by atoms with Gasteiger partial charge in [-0.1, -0.05) is 37.7 Å². The summed E-state index contributed by atoms with van der Waals surface area (Å²) >= 11 is 1.63. The number of aliphatic hydroxyl groups excluding tert-OH is 1. The largest absolute Gasteiger partial charge is 0.396 e. The molecule has 114 valence electrons. The molecule has 1 heterocycles. The zero-order valence-electron chi connectivity index (χ0n) is 12.6. The third-order valence-corrected chi connectivity index (χ3v) is 4.30. The lowest BCUT2D eigenvalue weighted by Gasteiger charge is -2.13. The number of hydrogen-bond donors (Lipinski definition) is 1. The first kappa shape index (κ1) is 16.0. The average Bonchev–Trinajstić information content (AvgIpc) is 2.46. The first-order valence-corrected chi connectivity index (χ1v) is 8.35. The zero-order valence-corrected chi connectivity index (χ0v) is 13.4.